The van der Waals surface area contributed by atoms with Crippen molar-refractivity contribution in [1.29, 1.82) is 0 Å². The predicted molar refractivity (Wildman–Crippen MR) is 53.6 cm³/mol. The van der Waals surface area contributed by atoms with E-state index in [9.17, 15) is 0 Å². The summed E-state index contributed by atoms with van der Waals surface area (Å²) in [7, 11) is 0. The van der Waals surface area contributed by atoms with Gasteiger partial charge in [0.15, 0.2) is 5.17 Å². The molecule has 1 aliphatic heterocycles. The lowest BCUT2D eigenvalue weighted by atomic mass is 10.1. The van der Waals surface area contributed by atoms with Crippen molar-refractivity contribution in [3.05, 3.63) is 11.9 Å². The largest absolute Gasteiger partial charge is 0.385 e. The molecule has 0 aromatic rings. The third-order valence-electron chi connectivity index (χ3n) is 1.73. The molecule has 0 radical (unpaired) electrons. The zero-order chi connectivity index (χ0) is 9.19. The van der Waals surface area contributed by atoms with E-state index in [-0.39, 0.29) is 0 Å². The normalized spacial score (nSPS) is 28.9. The van der Waals surface area contributed by atoms with Crippen LogP contribution >= 0.6 is 11.8 Å². The molecule has 0 spiro atoms. The molecule has 4 nitrogen and oxygen atoms in total. The number of hydrogen-bond acceptors (Lipinski definition) is 5. The molecule has 1 unspecified atom stereocenters. The van der Waals surface area contributed by atoms with E-state index >= 15 is 0 Å². The Morgan fingerprint density at radius 2 is 2.42 bits per heavy atom. The van der Waals surface area contributed by atoms with Gasteiger partial charge in [-0.05, 0) is 18.8 Å². The van der Waals surface area contributed by atoms with E-state index in [2.05, 4.69) is 10.3 Å². The van der Waals surface area contributed by atoms with Crippen LogP contribution in [0.1, 0.15) is 13.3 Å². The van der Waals surface area contributed by atoms with E-state index in [0.29, 0.717) is 5.82 Å². The summed E-state index contributed by atoms with van der Waals surface area (Å²) in [6, 6.07) is 0. The number of aliphatic imine (C=N–C) groups is 1. The first-order valence-corrected chi connectivity index (χ1v) is 5.00. The highest BCUT2D eigenvalue weighted by atomic mass is 32.2. The summed E-state index contributed by atoms with van der Waals surface area (Å²) in [6.45, 7) is 1.98. The summed E-state index contributed by atoms with van der Waals surface area (Å²) in [5.74, 6) is 0.582. The minimum absolute atomic E-state index is 0.582. The number of hydrogen-bond donors (Lipinski definition) is 3. The van der Waals surface area contributed by atoms with Crippen molar-refractivity contribution in [2.45, 2.75) is 19.0 Å². The number of amidine groups is 1. The molecule has 0 saturated heterocycles. The molecular weight excluding hydrogens is 172 g/mol. The van der Waals surface area contributed by atoms with Crippen molar-refractivity contribution in [1.82, 2.24) is 5.32 Å². The van der Waals surface area contributed by atoms with Gasteiger partial charge in [-0.15, -0.1) is 0 Å². The number of nitrogens with two attached hydrogens (primary N) is 2. The van der Waals surface area contributed by atoms with Crippen LogP contribution in [0.2, 0.25) is 0 Å². The van der Waals surface area contributed by atoms with Crippen molar-refractivity contribution in [2.75, 3.05) is 6.26 Å². The second-order valence-electron chi connectivity index (χ2n) is 2.69. The van der Waals surface area contributed by atoms with Crippen LogP contribution in [0.5, 0.6) is 0 Å². The van der Waals surface area contributed by atoms with Gasteiger partial charge in [-0.1, -0.05) is 18.7 Å². The Balaban J connectivity index is 2.87. The SMILES string of the molecule is CCC1(N)C=C(N)NC(SC)=N1. The van der Waals surface area contributed by atoms with Crippen LogP contribution in [-0.4, -0.2) is 17.1 Å². The molecule has 5 heteroatoms. The summed E-state index contributed by atoms with van der Waals surface area (Å²) < 4.78 is 0. The van der Waals surface area contributed by atoms with Gasteiger partial charge in [-0.25, -0.2) is 4.99 Å². The summed E-state index contributed by atoms with van der Waals surface area (Å²) >= 11 is 1.51. The van der Waals surface area contributed by atoms with Crippen LogP contribution in [0.4, 0.5) is 0 Å². The Morgan fingerprint density at radius 1 is 1.75 bits per heavy atom. The van der Waals surface area contributed by atoms with Gasteiger partial charge in [-0.2, -0.15) is 0 Å². The van der Waals surface area contributed by atoms with Gasteiger partial charge >= 0.3 is 0 Å². The summed E-state index contributed by atoms with van der Waals surface area (Å²) in [6.07, 6.45) is 4.42. The highest BCUT2D eigenvalue weighted by Crippen LogP contribution is 2.17. The average Bonchev–Trinajstić information content (AvgIpc) is 2.03. The maximum absolute atomic E-state index is 5.92. The fraction of sp³-hybridized carbons (Fsp3) is 0.571. The average molecular weight is 186 g/mol. The molecule has 0 fully saturated rings. The maximum Gasteiger partial charge on any atom is 0.164 e. The Morgan fingerprint density at radius 3 is 2.92 bits per heavy atom. The van der Waals surface area contributed by atoms with E-state index in [0.717, 1.165) is 11.6 Å². The molecule has 1 rings (SSSR count). The van der Waals surface area contributed by atoms with Crippen LogP contribution in [0.25, 0.3) is 0 Å². The molecule has 12 heavy (non-hydrogen) atoms. The minimum atomic E-state index is -0.617. The highest BCUT2D eigenvalue weighted by Gasteiger charge is 2.23. The van der Waals surface area contributed by atoms with Crippen molar-refractivity contribution in [3.8, 4) is 0 Å². The van der Waals surface area contributed by atoms with Crippen molar-refractivity contribution in [3.63, 3.8) is 0 Å². The number of nitrogens with one attached hydrogen (secondary N) is 1. The molecule has 0 aromatic carbocycles. The first-order chi connectivity index (χ1) is 5.59. The molecule has 1 heterocycles. The number of nitrogens with zero attached hydrogens (tertiary/aromatic N) is 1. The van der Waals surface area contributed by atoms with Gasteiger partial charge in [0.05, 0.1) is 0 Å². The molecule has 1 aliphatic rings. The van der Waals surface area contributed by atoms with E-state index < -0.39 is 5.66 Å². The van der Waals surface area contributed by atoms with E-state index in [1.54, 1.807) is 6.08 Å². The smallest absolute Gasteiger partial charge is 0.164 e. The van der Waals surface area contributed by atoms with Crippen LogP contribution < -0.4 is 16.8 Å². The van der Waals surface area contributed by atoms with Gasteiger partial charge in [0.1, 0.15) is 11.5 Å². The van der Waals surface area contributed by atoms with E-state index in [1.165, 1.54) is 11.8 Å². The maximum atomic E-state index is 5.92. The fourth-order valence-electron chi connectivity index (χ4n) is 0.956. The molecule has 0 saturated carbocycles. The standard InChI is InChI=1S/C7H14N4S/c1-3-7(9)4-5(8)10-6(11-7)12-2/h4H,3,8-9H2,1-2H3,(H,10,11). The topological polar surface area (TPSA) is 76.4 Å². The first-order valence-electron chi connectivity index (χ1n) is 3.77. The molecule has 0 amide bonds. The van der Waals surface area contributed by atoms with Gasteiger partial charge in [0.2, 0.25) is 0 Å². The third-order valence-corrected chi connectivity index (χ3v) is 2.31. The zero-order valence-electron chi connectivity index (χ0n) is 7.29. The predicted octanol–water partition coefficient (Wildman–Crippen LogP) is 0.174. The van der Waals surface area contributed by atoms with Crippen LogP contribution in [0.15, 0.2) is 16.9 Å². The van der Waals surface area contributed by atoms with Crippen molar-refractivity contribution >= 4 is 16.9 Å². The van der Waals surface area contributed by atoms with Gasteiger partial charge < -0.3 is 16.8 Å². The van der Waals surface area contributed by atoms with Crippen LogP contribution in [-0.2, 0) is 0 Å². The second-order valence-corrected chi connectivity index (χ2v) is 3.49. The summed E-state index contributed by atoms with van der Waals surface area (Å²) in [5.41, 5.74) is 10.9. The molecule has 5 N–H and O–H groups in total. The Bertz CT molecular complexity index is 236. The summed E-state index contributed by atoms with van der Waals surface area (Å²) in [5, 5.41) is 3.70. The lowest BCUT2D eigenvalue weighted by Crippen LogP contribution is -2.44. The molecule has 0 bridgehead atoms. The van der Waals surface area contributed by atoms with Crippen LogP contribution in [0.3, 0.4) is 0 Å². The monoisotopic (exact) mass is 186 g/mol. The number of rotatable bonds is 1. The second kappa shape index (κ2) is 3.37. The molecule has 0 aromatic heterocycles. The van der Waals surface area contributed by atoms with Gasteiger partial charge in [-0.3, -0.25) is 0 Å². The first kappa shape index (κ1) is 9.41. The van der Waals surface area contributed by atoms with Crippen molar-refractivity contribution in [2.24, 2.45) is 16.5 Å². The van der Waals surface area contributed by atoms with E-state index in [4.69, 9.17) is 11.5 Å². The zero-order valence-corrected chi connectivity index (χ0v) is 8.11. The molecule has 1 atom stereocenters. The lowest BCUT2D eigenvalue weighted by Gasteiger charge is -2.26. The molecule has 0 aliphatic carbocycles. The Kier molecular flexibility index (Phi) is 2.64. The van der Waals surface area contributed by atoms with Crippen LogP contribution in [0, 0.1) is 0 Å². The summed E-state index contributed by atoms with van der Waals surface area (Å²) in [4.78, 5) is 4.29. The Labute approximate surface area is 76.5 Å². The quantitative estimate of drug-likeness (QED) is 0.546. The molecule has 68 valence electrons. The Hall–Kier alpha value is -0.680. The minimum Gasteiger partial charge on any atom is -0.385 e. The lowest BCUT2D eigenvalue weighted by molar-refractivity contribution is 0.523. The van der Waals surface area contributed by atoms with Gasteiger partial charge in [0, 0.05) is 0 Å². The third kappa shape index (κ3) is 1.92. The highest BCUT2D eigenvalue weighted by molar-refractivity contribution is 8.13. The van der Waals surface area contributed by atoms with Crippen molar-refractivity contribution < 1.29 is 0 Å². The van der Waals surface area contributed by atoms with Gasteiger partial charge in [0.25, 0.3) is 0 Å². The number of thioether (sulfide) groups is 1. The fourth-order valence-corrected chi connectivity index (χ4v) is 1.44. The van der Waals surface area contributed by atoms with E-state index in [1.807, 2.05) is 13.2 Å². The molecular formula is C7H14N4S.